The molecule has 0 atom stereocenters. The maximum absolute atomic E-state index is 12.3. The van der Waals surface area contributed by atoms with E-state index >= 15 is 0 Å². The second kappa shape index (κ2) is 7.24. The molecule has 1 amide bonds. The molecule has 1 saturated heterocycles. The minimum atomic E-state index is -1.10. The SMILES string of the molecule is CN1CCN(c2cc(C(=O)O)c3nc(NC(=O)c4ccncc4)nn3c2)CC1. The molecule has 0 unspecified atom stereocenters. The first-order valence-electron chi connectivity index (χ1n) is 8.80. The van der Waals surface area contributed by atoms with Gasteiger partial charge in [0.25, 0.3) is 5.91 Å². The molecule has 3 aromatic rings. The normalized spacial score (nSPS) is 15.0. The minimum Gasteiger partial charge on any atom is -0.478 e. The van der Waals surface area contributed by atoms with E-state index in [2.05, 4.69) is 37.2 Å². The standard InChI is InChI=1S/C18H19N7O3/c1-23-6-8-24(9-7-23)13-10-14(17(27)28)15-20-18(22-25(15)11-13)21-16(26)12-2-4-19-5-3-12/h2-5,10-11H,6-9H2,1H3,(H,27,28)(H,21,22,26). The van der Waals surface area contributed by atoms with Gasteiger partial charge in [-0.1, -0.05) is 0 Å². The van der Waals surface area contributed by atoms with Crippen molar-refractivity contribution in [1.82, 2.24) is 24.5 Å². The molecule has 1 aliphatic rings. The number of likely N-dealkylation sites (N-methyl/N-ethyl adjacent to an activating group) is 1. The lowest BCUT2D eigenvalue weighted by Gasteiger charge is -2.34. The van der Waals surface area contributed by atoms with E-state index < -0.39 is 11.9 Å². The maximum atomic E-state index is 12.3. The third-order valence-corrected chi connectivity index (χ3v) is 4.69. The van der Waals surface area contributed by atoms with E-state index in [1.165, 1.54) is 16.9 Å². The van der Waals surface area contributed by atoms with Crippen LogP contribution < -0.4 is 10.2 Å². The number of carboxylic acid groups (broad SMARTS) is 1. The Hall–Kier alpha value is -3.53. The van der Waals surface area contributed by atoms with Crippen LogP contribution in [-0.4, -0.2) is 74.7 Å². The van der Waals surface area contributed by atoms with Gasteiger partial charge >= 0.3 is 5.97 Å². The van der Waals surface area contributed by atoms with Gasteiger partial charge in [-0.05, 0) is 25.2 Å². The highest BCUT2D eigenvalue weighted by Crippen LogP contribution is 2.22. The van der Waals surface area contributed by atoms with Crippen LogP contribution in [0.5, 0.6) is 0 Å². The molecule has 4 heterocycles. The Morgan fingerprint density at radius 3 is 2.54 bits per heavy atom. The summed E-state index contributed by atoms with van der Waals surface area (Å²) >= 11 is 0. The Bertz CT molecular complexity index is 1030. The van der Waals surface area contributed by atoms with Gasteiger partial charge in [-0.3, -0.25) is 15.1 Å². The van der Waals surface area contributed by atoms with Gasteiger partial charge in [-0.2, -0.15) is 4.98 Å². The molecule has 0 radical (unpaired) electrons. The number of amides is 1. The lowest BCUT2D eigenvalue weighted by molar-refractivity contribution is 0.0698. The van der Waals surface area contributed by atoms with Crippen LogP contribution in [0.2, 0.25) is 0 Å². The van der Waals surface area contributed by atoms with Crippen LogP contribution in [0, 0.1) is 0 Å². The van der Waals surface area contributed by atoms with E-state index in [9.17, 15) is 14.7 Å². The van der Waals surface area contributed by atoms with Crippen molar-refractivity contribution in [3.8, 4) is 0 Å². The molecule has 0 spiro atoms. The molecule has 28 heavy (non-hydrogen) atoms. The molecular formula is C18H19N7O3. The number of piperazine rings is 1. The highest BCUT2D eigenvalue weighted by molar-refractivity contribution is 6.03. The van der Waals surface area contributed by atoms with Crippen LogP contribution in [0.3, 0.4) is 0 Å². The molecule has 0 aliphatic carbocycles. The van der Waals surface area contributed by atoms with E-state index in [1.54, 1.807) is 24.4 Å². The minimum absolute atomic E-state index is 0.0355. The number of aromatic carboxylic acids is 1. The number of nitrogens with zero attached hydrogens (tertiary/aromatic N) is 6. The second-order valence-corrected chi connectivity index (χ2v) is 6.60. The fraction of sp³-hybridized carbons (Fsp3) is 0.278. The first kappa shape index (κ1) is 17.9. The molecule has 1 fully saturated rings. The third kappa shape index (κ3) is 3.49. The molecule has 0 bridgehead atoms. The molecule has 10 heteroatoms. The van der Waals surface area contributed by atoms with Crippen molar-refractivity contribution in [3.05, 3.63) is 47.9 Å². The summed E-state index contributed by atoms with van der Waals surface area (Å²) in [4.78, 5) is 36.4. The van der Waals surface area contributed by atoms with Gasteiger partial charge in [-0.25, -0.2) is 9.31 Å². The molecule has 0 aromatic carbocycles. The summed E-state index contributed by atoms with van der Waals surface area (Å²) in [7, 11) is 2.05. The van der Waals surface area contributed by atoms with Crippen molar-refractivity contribution in [3.63, 3.8) is 0 Å². The van der Waals surface area contributed by atoms with Crippen LogP contribution >= 0.6 is 0 Å². The Labute approximate surface area is 160 Å². The molecule has 2 N–H and O–H groups in total. The number of aromatic nitrogens is 4. The number of fused-ring (bicyclic) bond motifs is 1. The Balaban J connectivity index is 1.67. The first-order chi connectivity index (χ1) is 13.5. The Kier molecular flexibility index (Phi) is 4.62. The number of carbonyl (C=O) groups is 2. The van der Waals surface area contributed by atoms with Crippen molar-refractivity contribution in [2.45, 2.75) is 0 Å². The van der Waals surface area contributed by atoms with Gasteiger partial charge in [0.1, 0.15) is 5.56 Å². The van der Waals surface area contributed by atoms with Crippen molar-refractivity contribution in [2.75, 3.05) is 43.4 Å². The van der Waals surface area contributed by atoms with Gasteiger partial charge < -0.3 is 14.9 Å². The number of nitrogens with one attached hydrogen (secondary N) is 1. The number of hydrogen-bond acceptors (Lipinski definition) is 7. The molecule has 1 aliphatic heterocycles. The highest BCUT2D eigenvalue weighted by Gasteiger charge is 2.21. The lowest BCUT2D eigenvalue weighted by Crippen LogP contribution is -2.44. The Morgan fingerprint density at radius 1 is 1.14 bits per heavy atom. The summed E-state index contributed by atoms with van der Waals surface area (Å²) in [5.74, 6) is -1.45. The monoisotopic (exact) mass is 381 g/mol. The van der Waals surface area contributed by atoms with Crippen molar-refractivity contribution in [2.24, 2.45) is 0 Å². The number of hydrogen-bond donors (Lipinski definition) is 2. The summed E-state index contributed by atoms with van der Waals surface area (Å²) in [5.41, 5.74) is 1.38. The molecule has 144 valence electrons. The zero-order valence-electron chi connectivity index (χ0n) is 15.2. The molecule has 4 rings (SSSR count). The van der Waals surface area contributed by atoms with Crippen molar-refractivity contribution >= 4 is 29.2 Å². The van der Waals surface area contributed by atoms with Gasteiger partial charge in [-0.15, -0.1) is 5.10 Å². The quantitative estimate of drug-likeness (QED) is 0.683. The number of carboxylic acids is 1. The summed E-state index contributed by atoms with van der Waals surface area (Å²) in [6.45, 7) is 3.37. The maximum Gasteiger partial charge on any atom is 0.339 e. The summed E-state index contributed by atoms with van der Waals surface area (Å²) in [5, 5.41) is 16.5. The van der Waals surface area contributed by atoms with Gasteiger partial charge in [0.05, 0.1) is 11.9 Å². The first-order valence-corrected chi connectivity index (χ1v) is 8.80. The predicted molar refractivity (Wildman–Crippen MR) is 102 cm³/mol. The number of carbonyl (C=O) groups excluding carboxylic acids is 1. The average molecular weight is 381 g/mol. The molecule has 10 nitrogen and oxygen atoms in total. The van der Waals surface area contributed by atoms with Gasteiger partial charge in [0, 0.05) is 44.1 Å². The largest absolute Gasteiger partial charge is 0.478 e. The van der Waals surface area contributed by atoms with Crippen LogP contribution in [0.4, 0.5) is 11.6 Å². The van der Waals surface area contributed by atoms with Gasteiger partial charge in [0.2, 0.25) is 5.95 Å². The highest BCUT2D eigenvalue weighted by atomic mass is 16.4. The summed E-state index contributed by atoms with van der Waals surface area (Å²) < 4.78 is 1.40. The zero-order chi connectivity index (χ0) is 19.7. The number of pyridine rings is 2. The fourth-order valence-electron chi connectivity index (χ4n) is 3.10. The zero-order valence-corrected chi connectivity index (χ0v) is 15.2. The third-order valence-electron chi connectivity index (χ3n) is 4.69. The Morgan fingerprint density at radius 2 is 1.86 bits per heavy atom. The molecular weight excluding hydrogens is 362 g/mol. The van der Waals surface area contributed by atoms with Crippen LogP contribution in [0.25, 0.3) is 5.65 Å². The molecule has 3 aromatic heterocycles. The lowest BCUT2D eigenvalue weighted by atomic mass is 10.2. The van der Waals surface area contributed by atoms with E-state index in [0.29, 0.717) is 5.56 Å². The van der Waals surface area contributed by atoms with Crippen molar-refractivity contribution < 1.29 is 14.7 Å². The smallest absolute Gasteiger partial charge is 0.339 e. The van der Waals surface area contributed by atoms with Crippen LogP contribution in [-0.2, 0) is 0 Å². The van der Waals surface area contributed by atoms with E-state index in [-0.39, 0.29) is 17.2 Å². The number of rotatable bonds is 4. The van der Waals surface area contributed by atoms with Gasteiger partial charge in [0.15, 0.2) is 5.65 Å². The number of anilines is 2. The van der Waals surface area contributed by atoms with Crippen LogP contribution in [0.15, 0.2) is 36.8 Å². The molecule has 0 saturated carbocycles. The summed E-state index contributed by atoms with van der Waals surface area (Å²) in [6, 6.07) is 4.74. The van der Waals surface area contributed by atoms with Crippen LogP contribution in [0.1, 0.15) is 20.7 Å². The van der Waals surface area contributed by atoms with Crippen molar-refractivity contribution in [1.29, 1.82) is 0 Å². The fourth-order valence-corrected chi connectivity index (χ4v) is 3.10. The predicted octanol–water partition coefficient (Wildman–Crippen LogP) is 0.827. The van der Waals surface area contributed by atoms with E-state index in [0.717, 1.165) is 31.9 Å². The summed E-state index contributed by atoms with van der Waals surface area (Å²) in [6.07, 6.45) is 4.76. The topological polar surface area (TPSA) is 116 Å². The van der Waals surface area contributed by atoms with E-state index in [4.69, 9.17) is 0 Å². The second-order valence-electron chi connectivity index (χ2n) is 6.60. The van der Waals surface area contributed by atoms with E-state index in [1.807, 2.05) is 0 Å². The average Bonchev–Trinajstić information content (AvgIpc) is 3.10.